The van der Waals surface area contributed by atoms with Crippen LogP contribution in [0.25, 0.3) is 0 Å². The van der Waals surface area contributed by atoms with Gasteiger partial charge in [-0.2, -0.15) is 0 Å². The summed E-state index contributed by atoms with van der Waals surface area (Å²) in [5.41, 5.74) is -0.531. The van der Waals surface area contributed by atoms with Crippen LogP contribution in [0, 0.1) is 17.3 Å². The fourth-order valence-corrected chi connectivity index (χ4v) is 2.81. The molecule has 0 aromatic heterocycles. The Bertz CT molecular complexity index is 258. The average molecular weight is 168 g/mol. The molecule has 0 spiro atoms. The molecule has 12 heavy (non-hydrogen) atoms. The largest absolute Gasteiger partial charge is 0.481 e. The van der Waals surface area contributed by atoms with Crippen molar-refractivity contribution < 1.29 is 14.7 Å². The minimum atomic E-state index is -0.786. The van der Waals surface area contributed by atoms with Crippen LogP contribution in [0.1, 0.15) is 26.2 Å². The molecule has 2 bridgehead atoms. The van der Waals surface area contributed by atoms with Gasteiger partial charge in [-0.05, 0) is 18.8 Å². The summed E-state index contributed by atoms with van der Waals surface area (Å²) in [5, 5.41) is 8.92. The van der Waals surface area contributed by atoms with Crippen molar-refractivity contribution in [1.29, 1.82) is 0 Å². The van der Waals surface area contributed by atoms with E-state index in [1.807, 2.05) is 0 Å². The molecule has 0 amide bonds. The van der Waals surface area contributed by atoms with Crippen molar-refractivity contribution in [2.24, 2.45) is 17.3 Å². The van der Waals surface area contributed by atoms with E-state index in [1.165, 1.54) is 0 Å². The molecule has 2 aliphatic rings. The fourth-order valence-electron chi connectivity index (χ4n) is 2.81. The second-order valence-electron chi connectivity index (χ2n) is 4.16. The fraction of sp³-hybridized carbons (Fsp3) is 0.778. The number of hydrogen-bond donors (Lipinski definition) is 1. The lowest BCUT2D eigenvalue weighted by atomic mass is 9.80. The zero-order chi connectivity index (χ0) is 8.93. The van der Waals surface area contributed by atoms with Gasteiger partial charge in [-0.15, -0.1) is 0 Å². The summed E-state index contributed by atoms with van der Waals surface area (Å²) in [6.45, 7) is 1.81. The number of fused-ring (bicyclic) bond motifs is 2. The van der Waals surface area contributed by atoms with Crippen molar-refractivity contribution in [3.63, 3.8) is 0 Å². The number of Topliss-reactive ketones (excluding diaryl/α,β-unsaturated/α-hetero) is 1. The smallest absolute Gasteiger partial charge is 0.307 e. The Morgan fingerprint density at radius 2 is 2.33 bits per heavy atom. The van der Waals surface area contributed by atoms with Gasteiger partial charge in [0, 0.05) is 11.8 Å². The van der Waals surface area contributed by atoms with Crippen LogP contribution in [0.5, 0.6) is 0 Å². The molecule has 2 aliphatic carbocycles. The Kier molecular flexibility index (Phi) is 1.35. The maximum atomic E-state index is 11.4. The SMILES string of the molecule is CC12CCC(CC1=O)C2C(=O)O. The molecular weight excluding hydrogens is 156 g/mol. The lowest BCUT2D eigenvalue weighted by Gasteiger charge is -2.21. The first-order valence-electron chi connectivity index (χ1n) is 4.32. The van der Waals surface area contributed by atoms with Crippen LogP contribution in [0.2, 0.25) is 0 Å². The summed E-state index contributed by atoms with van der Waals surface area (Å²) in [6.07, 6.45) is 2.18. The summed E-state index contributed by atoms with van der Waals surface area (Å²) < 4.78 is 0. The molecule has 2 saturated carbocycles. The first kappa shape index (κ1) is 7.77. The average Bonchev–Trinajstić information content (AvgIpc) is 2.38. The third-order valence-electron chi connectivity index (χ3n) is 3.54. The lowest BCUT2D eigenvalue weighted by molar-refractivity contribution is -0.147. The van der Waals surface area contributed by atoms with E-state index in [4.69, 9.17) is 5.11 Å². The van der Waals surface area contributed by atoms with Crippen LogP contribution in [0.3, 0.4) is 0 Å². The van der Waals surface area contributed by atoms with Gasteiger partial charge in [0.05, 0.1) is 5.92 Å². The number of ketones is 1. The van der Waals surface area contributed by atoms with Crippen molar-refractivity contribution in [1.82, 2.24) is 0 Å². The minimum absolute atomic E-state index is 0.125. The molecule has 0 radical (unpaired) electrons. The highest BCUT2D eigenvalue weighted by Gasteiger charge is 2.59. The second kappa shape index (κ2) is 2.09. The van der Waals surface area contributed by atoms with Crippen LogP contribution in [-0.2, 0) is 9.59 Å². The quantitative estimate of drug-likeness (QED) is 0.637. The van der Waals surface area contributed by atoms with E-state index in [2.05, 4.69) is 0 Å². The third kappa shape index (κ3) is 0.713. The van der Waals surface area contributed by atoms with Gasteiger partial charge in [0.25, 0.3) is 0 Å². The van der Waals surface area contributed by atoms with Crippen molar-refractivity contribution in [3.05, 3.63) is 0 Å². The molecule has 3 atom stereocenters. The number of hydrogen-bond acceptors (Lipinski definition) is 2. The van der Waals surface area contributed by atoms with Crippen molar-refractivity contribution in [2.75, 3.05) is 0 Å². The molecule has 3 unspecified atom stereocenters. The number of rotatable bonds is 1. The highest BCUT2D eigenvalue weighted by molar-refractivity contribution is 5.94. The Morgan fingerprint density at radius 3 is 2.58 bits per heavy atom. The molecule has 3 nitrogen and oxygen atoms in total. The molecular formula is C9H12O3. The van der Waals surface area contributed by atoms with E-state index >= 15 is 0 Å². The standard InChI is InChI=1S/C9H12O3/c1-9-3-2-5(4-6(9)10)7(9)8(11)12/h5,7H,2-4H2,1H3,(H,11,12). The molecule has 66 valence electrons. The summed E-state index contributed by atoms with van der Waals surface area (Å²) in [5.74, 6) is -0.901. The van der Waals surface area contributed by atoms with Gasteiger partial charge in [-0.3, -0.25) is 9.59 Å². The highest BCUT2D eigenvalue weighted by Crippen LogP contribution is 2.55. The van der Waals surface area contributed by atoms with Crippen molar-refractivity contribution in [2.45, 2.75) is 26.2 Å². The molecule has 0 aliphatic heterocycles. The summed E-state index contributed by atoms with van der Waals surface area (Å²) in [4.78, 5) is 22.3. The molecule has 0 saturated heterocycles. The van der Waals surface area contributed by atoms with E-state index in [-0.39, 0.29) is 11.7 Å². The third-order valence-corrected chi connectivity index (χ3v) is 3.54. The maximum absolute atomic E-state index is 11.4. The van der Waals surface area contributed by atoms with E-state index in [1.54, 1.807) is 6.92 Å². The zero-order valence-electron chi connectivity index (χ0n) is 7.04. The minimum Gasteiger partial charge on any atom is -0.481 e. The molecule has 1 N–H and O–H groups in total. The molecule has 0 aromatic rings. The van der Waals surface area contributed by atoms with Gasteiger partial charge < -0.3 is 5.11 Å². The molecule has 2 rings (SSSR count). The number of carbonyl (C=O) groups is 2. The Labute approximate surface area is 70.8 Å². The lowest BCUT2D eigenvalue weighted by Crippen LogP contribution is -2.31. The Hall–Kier alpha value is -0.860. The van der Waals surface area contributed by atoms with Gasteiger partial charge in [0.2, 0.25) is 0 Å². The van der Waals surface area contributed by atoms with E-state index in [0.29, 0.717) is 6.42 Å². The van der Waals surface area contributed by atoms with Gasteiger partial charge in [-0.1, -0.05) is 6.92 Å². The predicted octanol–water partition coefficient (Wildman–Crippen LogP) is 1.08. The second-order valence-corrected chi connectivity index (χ2v) is 4.16. The topological polar surface area (TPSA) is 54.4 Å². The molecule has 0 heterocycles. The van der Waals surface area contributed by atoms with Gasteiger partial charge >= 0.3 is 5.97 Å². The van der Waals surface area contributed by atoms with Crippen LogP contribution < -0.4 is 0 Å². The Balaban J connectivity index is 2.38. The summed E-state index contributed by atoms with van der Waals surface area (Å²) in [7, 11) is 0. The molecule has 0 aromatic carbocycles. The van der Waals surface area contributed by atoms with Gasteiger partial charge in [0.15, 0.2) is 0 Å². The summed E-state index contributed by atoms with van der Waals surface area (Å²) >= 11 is 0. The van der Waals surface area contributed by atoms with Crippen LogP contribution in [0.15, 0.2) is 0 Å². The number of carboxylic acid groups (broad SMARTS) is 1. The van der Waals surface area contributed by atoms with Crippen molar-refractivity contribution >= 4 is 11.8 Å². The highest BCUT2D eigenvalue weighted by atomic mass is 16.4. The van der Waals surface area contributed by atoms with Crippen LogP contribution >= 0.6 is 0 Å². The van der Waals surface area contributed by atoms with Crippen LogP contribution in [0.4, 0.5) is 0 Å². The van der Waals surface area contributed by atoms with Gasteiger partial charge in [0.1, 0.15) is 5.78 Å². The predicted molar refractivity (Wildman–Crippen MR) is 41.6 cm³/mol. The summed E-state index contributed by atoms with van der Waals surface area (Å²) in [6, 6.07) is 0. The molecule has 3 heteroatoms. The van der Waals surface area contributed by atoms with Crippen molar-refractivity contribution in [3.8, 4) is 0 Å². The monoisotopic (exact) mass is 168 g/mol. The first-order valence-corrected chi connectivity index (χ1v) is 4.32. The van der Waals surface area contributed by atoms with Gasteiger partial charge in [-0.25, -0.2) is 0 Å². The number of carbonyl (C=O) groups excluding carboxylic acids is 1. The zero-order valence-corrected chi connectivity index (χ0v) is 7.04. The number of carboxylic acids is 1. The Morgan fingerprint density at radius 1 is 1.67 bits per heavy atom. The van der Waals surface area contributed by atoms with E-state index in [9.17, 15) is 9.59 Å². The van der Waals surface area contributed by atoms with Crippen LogP contribution in [-0.4, -0.2) is 16.9 Å². The van der Waals surface area contributed by atoms with E-state index in [0.717, 1.165) is 12.8 Å². The normalized spacial score (nSPS) is 45.2. The maximum Gasteiger partial charge on any atom is 0.307 e. The first-order chi connectivity index (χ1) is 5.55. The molecule has 2 fully saturated rings. The van der Waals surface area contributed by atoms with E-state index < -0.39 is 17.3 Å². The number of aliphatic carboxylic acids is 1.